The van der Waals surface area contributed by atoms with Gasteiger partial charge in [0.15, 0.2) is 0 Å². The summed E-state index contributed by atoms with van der Waals surface area (Å²) in [6.45, 7) is 0.394. The zero-order chi connectivity index (χ0) is 21.0. The monoisotopic (exact) mass is 423 g/mol. The van der Waals surface area contributed by atoms with Crippen LogP contribution in [0.4, 0.5) is 0 Å². The smallest absolute Gasteiger partial charge is 0.244 e. The van der Waals surface area contributed by atoms with E-state index in [1.807, 2.05) is 24.3 Å². The molecule has 2 aromatic carbocycles. The Kier molecular flexibility index (Phi) is 5.73. The van der Waals surface area contributed by atoms with E-state index in [1.165, 1.54) is 12.4 Å². The van der Waals surface area contributed by atoms with Crippen LogP contribution in [0.2, 0.25) is 0 Å². The van der Waals surface area contributed by atoms with Gasteiger partial charge in [-0.05, 0) is 54.3 Å². The van der Waals surface area contributed by atoms with Crippen LogP contribution in [0.1, 0.15) is 24.0 Å². The Morgan fingerprint density at radius 2 is 1.83 bits per heavy atom. The van der Waals surface area contributed by atoms with E-state index in [1.54, 1.807) is 41.4 Å². The molecule has 0 spiro atoms. The van der Waals surface area contributed by atoms with Crippen LogP contribution in [-0.2, 0) is 21.4 Å². The number of sulfonamides is 1. The van der Waals surface area contributed by atoms with Gasteiger partial charge in [0.25, 0.3) is 0 Å². The number of nitrogens with zero attached hydrogens (tertiary/aromatic N) is 3. The van der Waals surface area contributed by atoms with Crippen molar-refractivity contribution in [2.45, 2.75) is 30.3 Å². The molecule has 0 aliphatic heterocycles. The first-order valence-corrected chi connectivity index (χ1v) is 11.0. The van der Waals surface area contributed by atoms with Crippen LogP contribution in [0.3, 0.4) is 0 Å². The lowest BCUT2D eigenvalue weighted by atomic mass is 10.2. The Hall–Kier alpha value is -3.30. The molecule has 0 unspecified atom stereocenters. The molecule has 1 fully saturated rings. The third kappa shape index (κ3) is 5.19. The lowest BCUT2D eigenvalue weighted by Crippen LogP contribution is -2.25. The summed E-state index contributed by atoms with van der Waals surface area (Å²) < 4.78 is 28.6. The van der Waals surface area contributed by atoms with Crippen molar-refractivity contribution in [3.8, 4) is 5.69 Å². The van der Waals surface area contributed by atoms with Crippen LogP contribution in [0.25, 0.3) is 11.8 Å². The van der Waals surface area contributed by atoms with Gasteiger partial charge in [-0.2, -0.15) is 5.10 Å². The Labute approximate surface area is 174 Å². The molecule has 1 saturated carbocycles. The van der Waals surface area contributed by atoms with Crippen LogP contribution >= 0.6 is 0 Å². The fourth-order valence-corrected chi connectivity index (χ4v) is 4.08. The van der Waals surface area contributed by atoms with Gasteiger partial charge in [-0.15, -0.1) is 0 Å². The standard InChI is InChI=1S/C21H21N5O3S/c27-21(23-13-17-1-8-19(9-2-17)26-15-22-14-24-26)12-5-16-3-10-20(11-4-16)30(28,29)25-18-6-7-18/h1-5,8-12,14-15,18,25H,6-7,13H2,(H,23,27)/b12-5+. The fraction of sp³-hybridized carbons (Fsp3) is 0.190. The summed E-state index contributed by atoms with van der Waals surface area (Å²) in [6, 6.07) is 14.1. The van der Waals surface area contributed by atoms with Crippen LogP contribution in [0.15, 0.2) is 72.2 Å². The lowest BCUT2D eigenvalue weighted by molar-refractivity contribution is -0.116. The van der Waals surface area contributed by atoms with E-state index in [4.69, 9.17) is 0 Å². The normalized spacial score (nSPS) is 14.1. The molecular weight excluding hydrogens is 402 g/mol. The number of hydrogen-bond donors (Lipinski definition) is 2. The summed E-state index contributed by atoms with van der Waals surface area (Å²) in [7, 11) is -3.46. The highest BCUT2D eigenvalue weighted by atomic mass is 32.2. The van der Waals surface area contributed by atoms with E-state index in [0.29, 0.717) is 6.54 Å². The van der Waals surface area contributed by atoms with Gasteiger partial charge in [-0.1, -0.05) is 24.3 Å². The minimum atomic E-state index is -3.46. The predicted molar refractivity (Wildman–Crippen MR) is 112 cm³/mol. The van der Waals surface area contributed by atoms with Gasteiger partial charge in [0.2, 0.25) is 15.9 Å². The van der Waals surface area contributed by atoms with Gasteiger partial charge in [0, 0.05) is 18.7 Å². The highest BCUT2D eigenvalue weighted by Gasteiger charge is 2.27. The first-order chi connectivity index (χ1) is 14.5. The van der Waals surface area contributed by atoms with Crippen molar-refractivity contribution >= 4 is 22.0 Å². The average molecular weight is 423 g/mol. The maximum absolute atomic E-state index is 12.2. The van der Waals surface area contributed by atoms with E-state index in [-0.39, 0.29) is 16.8 Å². The van der Waals surface area contributed by atoms with Crippen molar-refractivity contribution in [1.82, 2.24) is 24.8 Å². The number of benzene rings is 2. The number of aromatic nitrogens is 3. The molecule has 9 heteroatoms. The highest BCUT2D eigenvalue weighted by Crippen LogP contribution is 2.22. The third-order valence-electron chi connectivity index (χ3n) is 4.60. The molecular formula is C21H21N5O3S. The summed E-state index contributed by atoms with van der Waals surface area (Å²) in [6.07, 6.45) is 7.94. The quantitative estimate of drug-likeness (QED) is 0.540. The molecule has 3 aromatic rings. The number of carbonyl (C=O) groups excluding carboxylic acids is 1. The summed E-state index contributed by atoms with van der Waals surface area (Å²) in [4.78, 5) is 16.2. The lowest BCUT2D eigenvalue weighted by Gasteiger charge is -2.06. The number of hydrogen-bond acceptors (Lipinski definition) is 5. The molecule has 1 aliphatic rings. The highest BCUT2D eigenvalue weighted by molar-refractivity contribution is 7.89. The summed E-state index contributed by atoms with van der Waals surface area (Å²) in [5.74, 6) is -0.234. The molecule has 154 valence electrons. The first kappa shape index (κ1) is 20.0. The zero-order valence-corrected chi connectivity index (χ0v) is 16.9. The topological polar surface area (TPSA) is 106 Å². The van der Waals surface area contributed by atoms with Gasteiger partial charge in [-0.3, -0.25) is 4.79 Å². The van der Waals surface area contributed by atoms with Gasteiger partial charge < -0.3 is 5.32 Å². The Balaban J connectivity index is 1.29. The third-order valence-corrected chi connectivity index (χ3v) is 6.14. The fourth-order valence-electron chi connectivity index (χ4n) is 2.77. The second kappa shape index (κ2) is 8.60. The summed E-state index contributed by atoms with van der Waals surface area (Å²) in [5.41, 5.74) is 2.59. The molecule has 0 bridgehead atoms. The van der Waals surface area contributed by atoms with Crippen LogP contribution in [0, 0.1) is 0 Å². The van der Waals surface area contributed by atoms with Crippen LogP contribution in [-0.4, -0.2) is 35.1 Å². The van der Waals surface area contributed by atoms with Gasteiger partial charge in [0.05, 0.1) is 10.6 Å². The van der Waals surface area contributed by atoms with Gasteiger partial charge in [-0.25, -0.2) is 22.8 Å². The zero-order valence-electron chi connectivity index (χ0n) is 16.1. The van der Waals surface area contributed by atoms with E-state index < -0.39 is 10.0 Å². The maximum Gasteiger partial charge on any atom is 0.244 e. The van der Waals surface area contributed by atoms with Crippen molar-refractivity contribution in [3.63, 3.8) is 0 Å². The number of rotatable bonds is 8. The molecule has 1 amide bonds. The van der Waals surface area contributed by atoms with Crippen LogP contribution < -0.4 is 10.0 Å². The van der Waals surface area contributed by atoms with E-state index in [2.05, 4.69) is 20.1 Å². The molecule has 1 aliphatic carbocycles. The minimum Gasteiger partial charge on any atom is -0.348 e. The predicted octanol–water partition coefficient (Wildman–Crippen LogP) is 2.04. The number of carbonyl (C=O) groups is 1. The van der Waals surface area contributed by atoms with Crippen molar-refractivity contribution < 1.29 is 13.2 Å². The number of amides is 1. The first-order valence-electron chi connectivity index (χ1n) is 9.52. The van der Waals surface area contributed by atoms with Crippen molar-refractivity contribution in [2.24, 2.45) is 0 Å². The van der Waals surface area contributed by atoms with E-state index in [9.17, 15) is 13.2 Å². The maximum atomic E-state index is 12.2. The van der Waals surface area contributed by atoms with Crippen molar-refractivity contribution in [3.05, 3.63) is 78.4 Å². The number of nitrogens with one attached hydrogen (secondary N) is 2. The van der Waals surface area contributed by atoms with E-state index in [0.717, 1.165) is 29.7 Å². The second-order valence-corrected chi connectivity index (χ2v) is 8.74. The SMILES string of the molecule is O=C(/C=C/c1ccc(S(=O)(=O)NC2CC2)cc1)NCc1ccc(-n2cncn2)cc1. The molecule has 30 heavy (non-hydrogen) atoms. The second-order valence-electron chi connectivity index (χ2n) is 7.02. The molecule has 8 nitrogen and oxygen atoms in total. The van der Waals surface area contributed by atoms with Gasteiger partial charge in [0.1, 0.15) is 12.7 Å². The van der Waals surface area contributed by atoms with Crippen LogP contribution in [0.5, 0.6) is 0 Å². The molecule has 1 aromatic heterocycles. The average Bonchev–Trinajstić information content (AvgIpc) is 3.38. The Bertz CT molecular complexity index is 1130. The minimum absolute atomic E-state index is 0.0667. The molecule has 0 saturated heterocycles. The van der Waals surface area contributed by atoms with E-state index >= 15 is 0 Å². The van der Waals surface area contributed by atoms with Crippen molar-refractivity contribution in [2.75, 3.05) is 0 Å². The molecule has 0 radical (unpaired) electrons. The molecule has 4 rings (SSSR count). The Morgan fingerprint density at radius 1 is 1.10 bits per heavy atom. The molecule has 2 N–H and O–H groups in total. The summed E-state index contributed by atoms with van der Waals surface area (Å²) in [5, 5.41) is 6.89. The molecule has 1 heterocycles. The van der Waals surface area contributed by atoms with Crippen molar-refractivity contribution in [1.29, 1.82) is 0 Å². The largest absolute Gasteiger partial charge is 0.348 e. The Morgan fingerprint density at radius 3 is 2.47 bits per heavy atom. The summed E-state index contributed by atoms with van der Waals surface area (Å²) >= 11 is 0. The van der Waals surface area contributed by atoms with Gasteiger partial charge >= 0.3 is 0 Å². The molecule has 0 atom stereocenters.